The van der Waals surface area contributed by atoms with E-state index < -0.39 is 0 Å². The van der Waals surface area contributed by atoms with Gasteiger partial charge in [-0.1, -0.05) is 0 Å². The number of hydrogen-bond acceptors (Lipinski definition) is 2. The van der Waals surface area contributed by atoms with Gasteiger partial charge in [-0.25, -0.2) is 0 Å². The Morgan fingerprint density at radius 3 is 2.85 bits per heavy atom. The molecule has 0 saturated carbocycles. The SMILES string of the molecule is O=C1[N]CCCC1C1CCCCO1. The third kappa shape index (κ3) is 2.02. The lowest BCUT2D eigenvalue weighted by Crippen LogP contribution is -2.40. The van der Waals surface area contributed by atoms with Crippen LogP contribution < -0.4 is 5.32 Å². The Morgan fingerprint density at radius 2 is 2.15 bits per heavy atom. The summed E-state index contributed by atoms with van der Waals surface area (Å²) in [5.41, 5.74) is 0. The lowest BCUT2D eigenvalue weighted by atomic mass is 9.89. The van der Waals surface area contributed by atoms with Gasteiger partial charge in [0, 0.05) is 13.2 Å². The fourth-order valence-electron chi connectivity index (χ4n) is 2.17. The molecule has 13 heavy (non-hydrogen) atoms. The third-order valence-electron chi connectivity index (χ3n) is 2.92. The first-order valence-electron chi connectivity index (χ1n) is 5.21. The van der Waals surface area contributed by atoms with Gasteiger partial charge >= 0.3 is 0 Å². The van der Waals surface area contributed by atoms with Gasteiger partial charge in [0.1, 0.15) is 0 Å². The minimum Gasteiger partial charge on any atom is -0.377 e. The number of nitrogens with zero attached hydrogens (tertiary/aromatic N) is 1. The van der Waals surface area contributed by atoms with Crippen molar-refractivity contribution < 1.29 is 9.53 Å². The molecule has 2 heterocycles. The van der Waals surface area contributed by atoms with Crippen molar-refractivity contribution in [3.63, 3.8) is 0 Å². The van der Waals surface area contributed by atoms with Crippen LogP contribution in [0.3, 0.4) is 0 Å². The fourth-order valence-corrected chi connectivity index (χ4v) is 2.17. The molecule has 3 heteroatoms. The van der Waals surface area contributed by atoms with E-state index in [1.165, 1.54) is 6.42 Å². The minimum atomic E-state index is 0.0778. The van der Waals surface area contributed by atoms with Crippen molar-refractivity contribution in [2.75, 3.05) is 13.2 Å². The van der Waals surface area contributed by atoms with Crippen molar-refractivity contribution in [1.29, 1.82) is 0 Å². The standard InChI is InChI=1S/C10H16NO2/c12-10-8(4-3-6-11-10)9-5-1-2-7-13-9/h8-9H,1-7H2. The van der Waals surface area contributed by atoms with Crippen molar-refractivity contribution in [2.24, 2.45) is 5.92 Å². The highest BCUT2D eigenvalue weighted by molar-refractivity contribution is 5.79. The highest BCUT2D eigenvalue weighted by atomic mass is 16.5. The third-order valence-corrected chi connectivity index (χ3v) is 2.92. The summed E-state index contributed by atoms with van der Waals surface area (Å²) < 4.78 is 5.61. The summed E-state index contributed by atoms with van der Waals surface area (Å²) in [7, 11) is 0. The molecule has 0 N–H and O–H groups in total. The number of amides is 1. The summed E-state index contributed by atoms with van der Waals surface area (Å²) in [6.07, 6.45) is 5.60. The molecule has 2 aliphatic rings. The van der Waals surface area contributed by atoms with Gasteiger partial charge in [0.15, 0.2) is 0 Å². The maximum atomic E-state index is 11.4. The minimum absolute atomic E-state index is 0.0778. The van der Waals surface area contributed by atoms with Crippen LogP contribution in [0, 0.1) is 5.92 Å². The van der Waals surface area contributed by atoms with Gasteiger partial charge in [-0.15, -0.1) is 0 Å². The molecule has 73 valence electrons. The molecular formula is C10H16NO2. The van der Waals surface area contributed by atoms with Gasteiger partial charge in [-0.05, 0) is 32.1 Å². The average Bonchev–Trinajstić information content (AvgIpc) is 2.20. The summed E-state index contributed by atoms with van der Waals surface area (Å²) >= 11 is 0. The molecule has 3 nitrogen and oxygen atoms in total. The molecule has 2 rings (SSSR count). The summed E-state index contributed by atoms with van der Waals surface area (Å²) in [5, 5.41) is 3.97. The zero-order valence-corrected chi connectivity index (χ0v) is 7.87. The number of ether oxygens (including phenoxy) is 1. The van der Waals surface area contributed by atoms with E-state index >= 15 is 0 Å². The second kappa shape index (κ2) is 4.09. The van der Waals surface area contributed by atoms with Crippen molar-refractivity contribution in [3.8, 4) is 0 Å². The number of piperidine rings is 1. The molecule has 0 aromatic heterocycles. The quantitative estimate of drug-likeness (QED) is 0.609. The molecular weight excluding hydrogens is 166 g/mol. The van der Waals surface area contributed by atoms with Crippen LogP contribution in [0.2, 0.25) is 0 Å². The van der Waals surface area contributed by atoms with Crippen LogP contribution in [0.1, 0.15) is 32.1 Å². The first-order valence-corrected chi connectivity index (χ1v) is 5.21. The van der Waals surface area contributed by atoms with Crippen LogP contribution in [0.15, 0.2) is 0 Å². The summed E-state index contributed by atoms with van der Waals surface area (Å²) in [6, 6.07) is 0. The monoisotopic (exact) mass is 182 g/mol. The largest absolute Gasteiger partial charge is 0.377 e. The first-order chi connectivity index (χ1) is 6.38. The van der Waals surface area contributed by atoms with Crippen LogP contribution >= 0.6 is 0 Å². The van der Waals surface area contributed by atoms with Gasteiger partial charge in [-0.2, -0.15) is 0 Å². The van der Waals surface area contributed by atoms with Gasteiger partial charge in [-0.3, -0.25) is 10.1 Å². The molecule has 0 aromatic rings. The molecule has 1 amide bonds. The first kappa shape index (κ1) is 9.00. The van der Waals surface area contributed by atoms with E-state index in [9.17, 15) is 4.79 Å². The molecule has 0 bridgehead atoms. The zero-order chi connectivity index (χ0) is 9.10. The van der Waals surface area contributed by atoms with Gasteiger partial charge in [0.25, 0.3) is 0 Å². The van der Waals surface area contributed by atoms with E-state index in [0.29, 0.717) is 0 Å². The van der Waals surface area contributed by atoms with Crippen molar-refractivity contribution >= 4 is 5.91 Å². The van der Waals surface area contributed by atoms with Crippen LogP contribution in [0.4, 0.5) is 0 Å². The Bertz CT molecular complexity index is 187. The number of carbonyl (C=O) groups is 1. The molecule has 2 saturated heterocycles. The smallest absolute Gasteiger partial charge is 0.246 e. The maximum Gasteiger partial charge on any atom is 0.246 e. The summed E-state index contributed by atoms with van der Waals surface area (Å²) in [4.78, 5) is 11.4. The lowest BCUT2D eigenvalue weighted by Gasteiger charge is -2.31. The fraction of sp³-hybridized carbons (Fsp3) is 0.900. The Kier molecular flexibility index (Phi) is 2.83. The van der Waals surface area contributed by atoms with Crippen molar-refractivity contribution in [3.05, 3.63) is 0 Å². The van der Waals surface area contributed by atoms with E-state index in [0.717, 1.165) is 38.8 Å². The molecule has 0 spiro atoms. The normalized spacial score (nSPS) is 35.5. The van der Waals surface area contributed by atoms with E-state index in [1.807, 2.05) is 0 Å². The predicted molar refractivity (Wildman–Crippen MR) is 48.3 cm³/mol. The highest BCUT2D eigenvalue weighted by Gasteiger charge is 2.32. The molecule has 0 aliphatic carbocycles. The van der Waals surface area contributed by atoms with E-state index in [2.05, 4.69) is 5.32 Å². The Balaban J connectivity index is 1.92. The Morgan fingerprint density at radius 1 is 1.23 bits per heavy atom. The second-order valence-electron chi connectivity index (χ2n) is 3.87. The number of carbonyl (C=O) groups excluding carboxylic acids is 1. The lowest BCUT2D eigenvalue weighted by molar-refractivity contribution is -0.134. The molecule has 2 fully saturated rings. The van der Waals surface area contributed by atoms with Crippen LogP contribution in [-0.4, -0.2) is 25.2 Å². The van der Waals surface area contributed by atoms with E-state index in [-0.39, 0.29) is 17.9 Å². The summed E-state index contributed by atoms with van der Waals surface area (Å²) in [5.74, 6) is 0.159. The second-order valence-corrected chi connectivity index (χ2v) is 3.87. The highest BCUT2D eigenvalue weighted by Crippen LogP contribution is 2.25. The van der Waals surface area contributed by atoms with Gasteiger partial charge in [0.2, 0.25) is 5.91 Å². The topological polar surface area (TPSA) is 40.4 Å². The van der Waals surface area contributed by atoms with Gasteiger partial charge < -0.3 is 4.74 Å². The van der Waals surface area contributed by atoms with Crippen LogP contribution in [0.5, 0.6) is 0 Å². The molecule has 0 aromatic carbocycles. The number of hydrogen-bond donors (Lipinski definition) is 0. The van der Waals surface area contributed by atoms with Crippen molar-refractivity contribution in [1.82, 2.24) is 5.32 Å². The van der Waals surface area contributed by atoms with E-state index in [1.54, 1.807) is 0 Å². The summed E-state index contributed by atoms with van der Waals surface area (Å²) in [6.45, 7) is 1.55. The zero-order valence-electron chi connectivity index (χ0n) is 7.87. The maximum absolute atomic E-state index is 11.4. The van der Waals surface area contributed by atoms with Crippen LogP contribution in [-0.2, 0) is 9.53 Å². The molecule has 1 radical (unpaired) electrons. The van der Waals surface area contributed by atoms with E-state index in [4.69, 9.17) is 4.74 Å². The van der Waals surface area contributed by atoms with Crippen LogP contribution in [0.25, 0.3) is 0 Å². The Hall–Kier alpha value is -0.570. The molecule has 2 atom stereocenters. The molecule has 2 aliphatic heterocycles. The Labute approximate surface area is 78.8 Å². The van der Waals surface area contributed by atoms with Crippen molar-refractivity contribution in [2.45, 2.75) is 38.2 Å². The predicted octanol–water partition coefficient (Wildman–Crippen LogP) is 1.10. The van der Waals surface area contributed by atoms with Gasteiger partial charge in [0.05, 0.1) is 12.0 Å². The molecule has 2 unspecified atom stereocenters. The average molecular weight is 182 g/mol. The number of rotatable bonds is 1.